The lowest BCUT2D eigenvalue weighted by atomic mass is 10.2. The quantitative estimate of drug-likeness (QED) is 0.614. The van der Waals surface area contributed by atoms with Crippen molar-refractivity contribution in [1.82, 2.24) is 9.88 Å². The Bertz CT molecular complexity index is 568. The number of anilines is 1. The minimum Gasteiger partial charge on any atom is -0.444 e. The third-order valence-corrected chi connectivity index (χ3v) is 3.41. The molecule has 1 aromatic rings. The first-order chi connectivity index (χ1) is 10.8. The molecule has 8 heteroatoms. The van der Waals surface area contributed by atoms with Crippen molar-refractivity contribution in [2.75, 3.05) is 31.1 Å². The van der Waals surface area contributed by atoms with E-state index in [1.807, 2.05) is 25.7 Å². The first kappa shape index (κ1) is 17.0. The molecule has 0 saturated carbocycles. The summed E-state index contributed by atoms with van der Waals surface area (Å²) in [6.07, 6.45) is 1.74. The summed E-state index contributed by atoms with van der Waals surface area (Å²) in [7, 11) is 0. The summed E-state index contributed by atoms with van der Waals surface area (Å²) < 4.78 is 5.39. The van der Waals surface area contributed by atoms with Crippen molar-refractivity contribution in [3.8, 4) is 0 Å². The molecule has 0 aromatic carbocycles. The molecule has 0 atom stereocenters. The molecule has 0 unspecified atom stereocenters. The van der Waals surface area contributed by atoms with E-state index in [4.69, 9.17) is 4.74 Å². The van der Waals surface area contributed by atoms with Crippen molar-refractivity contribution in [3.63, 3.8) is 0 Å². The third kappa shape index (κ3) is 4.80. The number of rotatable bonds is 2. The van der Waals surface area contributed by atoms with E-state index < -0.39 is 10.5 Å². The molecular weight excluding hydrogens is 300 g/mol. The number of amides is 1. The summed E-state index contributed by atoms with van der Waals surface area (Å²) >= 11 is 0. The van der Waals surface area contributed by atoms with Gasteiger partial charge in [-0.05, 0) is 33.3 Å². The highest BCUT2D eigenvalue weighted by Crippen LogP contribution is 2.18. The van der Waals surface area contributed by atoms with Gasteiger partial charge in [-0.15, -0.1) is 0 Å². The van der Waals surface area contributed by atoms with Gasteiger partial charge >= 0.3 is 6.09 Å². The lowest BCUT2D eigenvalue weighted by Crippen LogP contribution is -2.39. The highest BCUT2D eigenvalue weighted by molar-refractivity contribution is 5.68. The van der Waals surface area contributed by atoms with Crippen molar-refractivity contribution in [2.24, 2.45) is 0 Å². The normalized spacial score (nSPS) is 16.0. The van der Waals surface area contributed by atoms with Crippen LogP contribution in [-0.2, 0) is 4.74 Å². The molecule has 0 radical (unpaired) electrons. The van der Waals surface area contributed by atoms with Gasteiger partial charge in [0.2, 0.25) is 0 Å². The number of carbonyl (C=O) groups is 1. The smallest absolute Gasteiger partial charge is 0.410 e. The minimum atomic E-state index is -0.511. The lowest BCUT2D eigenvalue weighted by Gasteiger charge is -2.26. The average molecular weight is 322 g/mol. The molecule has 2 heterocycles. The molecule has 23 heavy (non-hydrogen) atoms. The van der Waals surface area contributed by atoms with Crippen LogP contribution in [0, 0.1) is 10.1 Å². The second-order valence-corrected chi connectivity index (χ2v) is 6.44. The first-order valence-electron chi connectivity index (χ1n) is 7.59. The van der Waals surface area contributed by atoms with Gasteiger partial charge in [0.25, 0.3) is 5.69 Å². The maximum atomic E-state index is 12.1. The van der Waals surface area contributed by atoms with Gasteiger partial charge in [-0.3, -0.25) is 10.1 Å². The molecule has 1 aliphatic rings. The number of pyridine rings is 1. The van der Waals surface area contributed by atoms with Crippen LogP contribution in [0.3, 0.4) is 0 Å². The van der Waals surface area contributed by atoms with Crippen LogP contribution in [0.2, 0.25) is 0 Å². The van der Waals surface area contributed by atoms with Crippen LogP contribution < -0.4 is 4.90 Å². The molecule has 1 fully saturated rings. The predicted octanol–water partition coefficient (Wildman–Crippen LogP) is 2.44. The fraction of sp³-hybridized carbons (Fsp3) is 0.600. The van der Waals surface area contributed by atoms with E-state index in [2.05, 4.69) is 4.98 Å². The Hall–Kier alpha value is -2.38. The van der Waals surface area contributed by atoms with E-state index in [1.165, 1.54) is 12.3 Å². The van der Waals surface area contributed by atoms with E-state index in [-0.39, 0.29) is 11.8 Å². The van der Waals surface area contributed by atoms with Crippen molar-refractivity contribution >= 4 is 17.6 Å². The molecule has 1 amide bonds. The molecular formula is C15H22N4O4. The Labute approximate surface area is 135 Å². The zero-order chi connectivity index (χ0) is 17.0. The van der Waals surface area contributed by atoms with Crippen molar-refractivity contribution in [3.05, 3.63) is 28.4 Å². The van der Waals surface area contributed by atoms with Gasteiger partial charge < -0.3 is 14.5 Å². The number of hydrogen-bond acceptors (Lipinski definition) is 6. The maximum absolute atomic E-state index is 12.1. The van der Waals surface area contributed by atoms with Crippen LogP contribution in [-0.4, -0.2) is 52.7 Å². The second-order valence-electron chi connectivity index (χ2n) is 6.44. The van der Waals surface area contributed by atoms with Crippen LogP contribution in [0.5, 0.6) is 0 Å². The SMILES string of the molecule is CC(C)(C)OC(=O)N1CCCN(c2ccc([N+](=O)[O-])cn2)CC1. The minimum absolute atomic E-state index is 0.0287. The van der Waals surface area contributed by atoms with Crippen LogP contribution in [0.25, 0.3) is 0 Å². The fourth-order valence-corrected chi connectivity index (χ4v) is 2.33. The molecule has 0 bridgehead atoms. The number of aromatic nitrogens is 1. The number of carbonyl (C=O) groups excluding carboxylic acids is 1. The topological polar surface area (TPSA) is 88.8 Å². The summed E-state index contributed by atoms with van der Waals surface area (Å²) in [5.41, 5.74) is -0.540. The molecule has 126 valence electrons. The van der Waals surface area contributed by atoms with Crippen LogP contribution >= 0.6 is 0 Å². The predicted molar refractivity (Wildman–Crippen MR) is 85.5 cm³/mol. The number of ether oxygens (including phenoxy) is 1. The molecule has 2 rings (SSSR count). The zero-order valence-corrected chi connectivity index (χ0v) is 13.7. The molecule has 1 saturated heterocycles. The molecule has 1 aromatic heterocycles. The van der Waals surface area contributed by atoms with E-state index in [1.54, 1.807) is 11.0 Å². The molecule has 8 nitrogen and oxygen atoms in total. The van der Waals surface area contributed by atoms with Crippen LogP contribution in [0.1, 0.15) is 27.2 Å². The molecule has 1 aliphatic heterocycles. The fourth-order valence-electron chi connectivity index (χ4n) is 2.33. The van der Waals surface area contributed by atoms with E-state index in [9.17, 15) is 14.9 Å². The largest absolute Gasteiger partial charge is 0.444 e. The first-order valence-corrected chi connectivity index (χ1v) is 7.59. The number of hydrogen-bond donors (Lipinski definition) is 0. The van der Waals surface area contributed by atoms with E-state index >= 15 is 0 Å². The summed E-state index contributed by atoms with van der Waals surface area (Å²) in [5.74, 6) is 0.682. The molecule has 0 spiro atoms. The highest BCUT2D eigenvalue weighted by Gasteiger charge is 2.24. The third-order valence-electron chi connectivity index (χ3n) is 3.41. The average Bonchev–Trinajstić information content (AvgIpc) is 2.71. The van der Waals surface area contributed by atoms with E-state index in [0.717, 1.165) is 13.0 Å². The second kappa shape index (κ2) is 6.80. The van der Waals surface area contributed by atoms with Crippen molar-refractivity contribution in [2.45, 2.75) is 32.8 Å². The van der Waals surface area contributed by atoms with Crippen molar-refractivity contribution in [1.29, 1.82) is 0 Å². The van der Waals surface area contributed by atoms with Gasteiger partial charge in [-0.1, -0.05) is 0 Å². The standard InChI is InChI=1S/C15H22N4O4/c1-15(2,3)23-14(20)18-8-4-7-17(9-10-18)13-6-5-12(11-16-13)19(21)22/h5-6,11H,4,7-10H2,1-3H3. The Balaban J connectivity index is 1.98. The Morgan fingerprint density at radius 1 is 1.26 bits per heavy atom. The monoisotopic (exact) mass is 322 g/mol. The van der Waals surface area contributed by atoms with Crippen molar-refractivity contribution < 1.29 is 14.5 Å². The van der Waals surface area contributed by atoms with Gasteiger partial charge in [0.1, 0.15) is 17.6 Å². The van der Waals surface area contributed by atoms with Crippen LogP contribution in [0.4, 0.5) is 16.3 Å². The van der Waals surface area contributed by atoms with Gasteiger partial charge in [0.05, 0.1) is 4.92 Å². The van der Waals surface area contributed by atoms with Gasteiger partial charge in [0, 0.05) is 32.2 Å². The maximum Gasteiger partial charge on any atom is 0.410 e. The van der Waals surface area contributed by atoms with Gasteiger partial charge in [-0.2, -0.15) is 0 Å². The Kier molecular flexibility index (Phi) is 5.02. The summed E-state index contributed by atoms with van der Waals surface area (Å²) in [4.78, 5) is 30.2. The summed E-state index contributed by atoms with van der Waals surface area (Å²) in [6, 6.07) is 3.08. The molecule has 0 N–H and O–H groups in total. The highest BCUT2D eigenvalue weighted by atomic mass is 16.6. The van der Waals surface area contributed by atoms with Gasteiger partial charge in [0.15, 0.2) is 0 Å². The summed E-state index contributed by atoms with van der Waals surface area (Å²) in [5, 5.41) is 10.7. The summed E-state index contributed by atoms with van der Waals surface area (Å²) in [6.45, 7) is 8.04. The Morgan fingerprint density at radius 2 is 2.00 bits per heavy atom. The number of nitrogens with zero attached hydrogens (tertiary/aromatic N) is 4. The van der Waals surface area contributed by atoms with E-state index in [0.29, 0.717) is 25.5 Å². The number of nitro groups is 1. The Morgan fingerprint density at radius 3 is 2.57 bits per heavy atom. The zero-order valence-electron chi connectivity index (χ0n) is 13.7. The van der Waals surface area contributed by atoms with Gasteiger partial charge in [-0.25, -0.2) is 9.78 Å². The lowest BCUT2D eigenvalue weighted by molar-refractivity contribution is -0.385. The van der Waals surface area contributed by atoms with Crippen LogP contribution in [0.15, 0.2) is 18.3 Å². The molecule has 0 aliphatic carbocycles.